The lowest BCUT2D eigenvalue weighted by Crippen LogP contribution is -2.52. The molecule has 3 heterocycles. The molecule has 1 fully saturated rings. The zero-order valence-corrected chi connectivity index (χ0v) is 19.8. The van der Waals surface area contributed by atoms with Gasteiger partial charge in [-0.2, -0.15) is 14.6 Å². The van der Waals surface area contributed by atoms with Crippen LogP contribution in [0.1, 0.15) is 48.6 Å². The van der Waals surface area contributed by atoms with Crippen molar-refractivity contribution in [1.82, 2.24) is 30.2 Å². The minimum Gasteiger partial charge on any atom is -0.356 e. The van der Waals surface area contributed by atoms with Crippen LogP contribution in [0.25, 0.3) is 5.78 Å². The fraction of sp³-hybridized carbons (Fsp3) is 0.480. The van der Waals surface area contributed by atoms with Gasteiger partial charge in [0.15, 0.2) is 0 Å². The summed E-state index contributed by atoms with van der Waals surface area (Å²) in [5.41, 5.74) is 4.59. The summed E-state index contributed by atoms with van der Waals surface area (Å²) < 4.78 is 1.86. The monoisotopic (exact) mass is 461 g/mol. The third-order valence-electron chi connectivity index (χ3n) is 6.78. The number of anilines is 1. The largest absolute Gasteiger partial charge is 0.356 e. The van der Waals surface area contributed by atoms with E-state index in [1.807, 2.05) is 29.6 Å². The highest BCUT2D eigenvalue weighted by atomic mass is 16.2. The Hall–Kier alpha value is -3.49. The van der Waals surface area contributed by atoms with E-state index in [9.17, 15) is 9.59 Å². The molecule has 1 aromatic carbocycles. The van der Waals surface area contributed by atoms with Crippen molar-refractivity contribution in [3.63, 3.8) is 0 Å². The second kappa shape index (κ2) is 9.40. The second-order valence-electron chi connectivity index (χ2n) is 9.40. The average Bonchev–Trinajstić information content (AvgIpc) is 3.46. The molecule has 9 heteroatoms. The zero-order valence-electron chi connectivity index (χ0n) is 19.8. The first kappa shape index (κ1) is 22.3. The van der Waals surface area contributed by atoms with Crippen molar-refractivity contribution >= 4 is 23.4 Å². The number of aromatic nitrogens is 4. The van der Waals surface area contributed by atoms with Crippen molar-refractivity contribution in [1.29, 1.82) is 0 Å². The number of rotatable bonds is 6. The molecule has 0 radical (unpaired) electrons. The Morgan fingerprint density at radius 3 is 2.79 bits per heavy atom. The molecule has 178 valence electrons. The van der Waals surface area contributed by atoms with Gasteiger partial charge in [0.1, 0.15) is 18.2 Å². The highest BCUT2D eigenvalue weighted by Gasteiger charge is 2.29. The molecule has 3 aromatic rings. The summed E-state index contributed by atoms with van der Waals surface area (Å²) in [6.07, 6.45) is 6.81. The molecular formula is C25H31N7O2. The van der Waals surface area contributed by atoms with Crippen molar-refractivity contribution in [2.45, 2.75) is 64.5 Å². The van der Waals surface area contributed by atoms with Crippen LogP contribution in [0.15, 0.2) is 30.6 Å². The predicted molar refractivity (Wildman–Crippen MR) is 129 cm³/mol. The number of benzene rings is 1. The number of fused-ring (bicyclic) bond motifs is 2. The Balaban J connectivity index is 1.25. The Morgan fingerprint density at radius 2 is 2.03 bits per heavy atom. The van der Waals surface area contributed by atoms with Crippen LogP contribution < -0.4 is 15.5 Å². The first-order valence-electron chi connectivity index (χ1n) is 12.1. The fourth-order valence-electron chi connectivity index (χ4n) is 5.19. The lowest BCUT2D eigenvalue weighted by atomic mass is 10.0. The van der Waals surface area contributed by atoms with E-state index >= 15 is 0 Å². The van der Waals surface area contributed by atoms with E-state index < -0.39 is 6.04 Å². The number of amides is 2. The fourth-order valence-corrected chi connectivity index (χ4v) is 5.19. The number of piperidine rings is 1. The average molecular weight is 462 g/mol. The van der Waals surface area contributed by atoms with Gasteiger partial charge < -0.3 is 15.5 Å². The van der Waals surface area contributed by atoms with Gasteiger partial charge in [0, 0.05) is 38.0 Å². The van der Waals surface area contributed by atoms with E-state index in [1.165, 1.54) is 12.5 Å². The molecule has 1 unspecified atom stereocenters. The lowest BCUT2D eigenvalue weighted by molar-refractivity contribution is -0.128. The lowest BCUT2D eigenvalue weighted by Gasteiger charge is -2.35. The summed E-state index contributed by atoms with van der Waals surface area (Å²) in [6, 6.07) is 7.53. The molecule has 2 N–H and O–H groups in total. The molecule has 2 aliphatic rings. The highest BCUT2D eigenvalue weighted by molar-refractivity contribution is 5.87. The van der Waals surface area contributed by atoms with Crippen LogP contribution in [0.4, 0.5) is 5.82 Å². The van der Waals surface area contributed by atoms with Gasteiger partial charge >= 0.3 is 0 Å². The molecule has 0 bridgehead atoms. The molecule has 34 heavy (non-hydrogen) atoms. The van der Waals surface area contributed by atoms with Crippen LogP contribution in [0.2, 0.25) is 0 Å². The van der Waals surface area contributed by atoms with Crippen LogP contribution in [-0.4, -0.2) is 56.6 Å². The Bertz CT molecular complexity index is 1210. The summed E-state index contributed by atoms with van der Waals surface area (Å²) in [7, 11) is 0. The molecule has 0 saturated carbocycles. The molecule has 1 aliphatic carbocycles. The third kappa shape index (κ3) is 4.60. The van der Waals surface area contributed by atoms with Crippen molar-refractivity contribution in [2.75, 3.05) is 18.0 Å². The number of aryl methyl sites for hydroxylation is 2. The van der Waals surface area contributed by atoms with Gasteiger partial charge in [-0.3, -0.25) is 9.59 Å². The van der Waals surface area contributed by atoms with Crippen LogP contribution in [0.3, 0.4) is 0 Å². The van der Waals surface area contributed by atoms with Crippen molar-refractivity contribution < 1.29 is 9.59 Å². The molecule has 1 saturated heterocycles. The quantitative estimate of drug-likeness (QED) is 0.580. The predicted octanol–water partition coefficient (Wildman–Crippen LogP) is 1.75. The maximum atomic E-state index is 13.1. The first-order chi connectivity index (χ1) is 16.5. The number of carbonyl (C=O) groups is 2. The number of carbonyl (C=O) groups excluding carboxylic acids is 2. The first-order valence-corrected chi connectivity index (χ1v) is 12.1. The van der Waals surface area contributed by atoms with Crippen molar-refractivity contribution in [3.05, 3.63) is 53.0 Å². The topological polar surface area (TPSA) is 105 Å². The summed E-state index contributed by atoms with van der Waals surface area (Å²) in [6.45, 7) is 5.11. The van der Waals surface area contributed by atoms with E-state index in [4.69, 9.17) is 0 Å². The van der Waals surface area contributed by atoms with Crippen LogP contribution in [0, 0.1) is 6.92 Å². The number of hydrogen-bond donors (Lipinski definition) is 2. The minimum atomic E-state index is -0.587. The normalized spacial score (nSPS) is 16.9. The van der Waals surface area contributed by atoms with Gasteiger partial charge in [0.2, 0.25) is 11.8 Å². The van der Waals surface area contributed by atoms with Gasteiger partial charge in [0.25, 0.3) is 5.78 Å². The molecule has 2 aromatic heterocycles. The van der Waals surface area contributed by atoms with Crippen molar-refractivity contribution in [2.24, 2.45) is 0 Å². The Kier molecular flexibility index (Phi) is 6.17. The maximum absolute atomic E-state index is 13.1. The molecule has 1 atom stereocenters. The summed E-state index contributed by atoms with van der Waals surface area (Å²) in [5.74, 6) is 1.43. The van der Waals surface area contributed by atoms with Gasteiger partial charge in [-0.1, -0.05) is 29.8 Å². The van der Waals surface area contributed by atoms with Gasteiger partial charge in [0.05, 0.1) is 5.69 Å². The summed E-state index contributed by atoms with van der Waals surface area (Å²) in [4.78, 5) is 36.2. The second-order valence-corrected chi connectivity index (χ2v) is 9.40. The molecule has 9 nitrogen and oxygen atoms in total. The van der Waals surface area contributed by atoms with E-state index in [1.54, 1.807) is 6.33 Å². The van der Waals surface area contributed by atoms with E-state index in [2.05, 4.69) is 36.7 Å². The van der Waals surface area contributed by atoms with Gasteiger partial charge in [-0.25, -0.2) is 4.98 Å². The van der Waals surface area contributed by atoms with E-state index in [0.717, 1.165) is 67.8 Å². The number of hydrogen-bond acceptors (Lipinski definition) is 6. The standard InChI is InChI=1S/C25H31N7O2/c1-16-5-3-6-18(13-16)14-22(28-17(2)33)23(34)29-19-9-11-31(12-10-19)24-20-7-4-8-21(20)30-25-26-15-27-32(24)25/h3,5-6,13,15,19,22H,4,7-12,14H2,1-2H3,(H,28,33)(H,29,34). The van der Waals surface area contributed by atoms with E-state index in [-0.39, 0.29) is 17.9 Å². The Labute approximate surface area is 199 Å². The minimum absolute atomic E-state index is 0.0682. The third-order valence-corrected chi connectivity index (χ3v) is 6.78. The highest BCUT2D eigenvalue weighted by Crippen LogP contribution is 2.32. The van der Waals surface area contributed by atoms with Gasteiger partial charge in [-0.15, -0.1) is 0 Å². The Morgan fingerprint density at radius 1 is 1.21 bits per heavy atom. The number of nitrogens with one attached hydrogen (secondary N) is 2. The molecular weight excluding hydrogens is 430 g/mol. The summed E-state index contributed by atoms with van der Waals surface area (Å²) >= 11 is 0. The smallest absolute Gasteiger partial charge is 0.254 e. The maximum Gasteiger partial charge on any atom is 0.254 e. The summed E-state index contributed by atoms with van der Waals surface area (Å²) in [5, 5.41) is 10.4. The van der Waals surface area contributed by atoms with Crippen LogP contribution in [0.5, 0.6) is 0 Å². The molecule has 0 spiro atoms. The van der Waals surface area contributed by atoms with Crippen LogP contribution in [-0.2, 0) is 28.9 Å². The molecule has 2 amide bonds. The zero-order chi connectivity index (χ0) is 23.7. The van der Waals surface area contributed by atoms with Gasteiger partial charge in [-0.05, 0) is 44.6 Å². The van der Waals surface area contributed by atoms with Crippen LogP contribution >= 0.6 is 0 Å². The number of nitrogens with zero attached hydrogens (tertiary/aromatic N) is 5. The van der Waals surface area contributed by atoms with E-state index in [0.29, 0.717) is 12.2 Å². The molecule has 1 aliphatic heterocycles. The SMILES string of the molecule is CC(=O)NC(Cc1cccc(C)c1)C(=O)NC1CCN(c2c3c(nc4ncnn24)CCC3)CC1. The van der Waals surface area contributed by atoms with Crippen molar-refractivity contribution in [3.8, 4) is 0 Å². The molecule has 5 rings (SSSR count).